The molecule has 78 valence electrons. The third-order valence-electron chi connectivity index (χ3n) is 2.91. The van der Waals surface area contributed by atoms with Gasteiger partial charge in [-0.2, -0.15) is 0 Å². The molecule has 0 fully saturated rings. The average molecular weight is 198 g/mol. The summed E-state index contributed by atoms with van der Waals surface area (Å²) in [7, 11) is 0. The van der Waals surface area contributed by atoms with Gasteiger partial charge in [0.15, 0.2) is 0 Å². The third-order valence-corrected chi connectivity index (χ3v) is 2.91. The van der Waals surface area contributed by atoms with Crippen LogP contribution in [0.3, 0.4) is 0 Å². The van der Waals surface area contributed by atoms with Crippen LogP contribution in [0, 0.1) is 12.8 Å². The molecular formula is C15H18. The van der Waals surface area contributed by atoms with Gasteiger partial charge in [0.2, 0.25) is 0 Å². The zero-order valence-corrected chi connectivity index (χ0v) is 9.75. The molecule has 0 nitrogen and oxygen atoms in total. The number of benzene rings is 1. The highest BCUT2D eigenvalue weighted by Gasteiger charge is 2.10. The Labute approximate surface area is 92.3 Å². The lowest BCUT2D eigenvalue weighted by atomic mass is 9.88. The first-order chi connectivity index (χ1) is 7.15. The average Bonchev–Trinajstić information content (AvgIpc) is 2.17. The number of hydrogen-bond acceptors (Lipinski definition) is 0. The molecule has 0 heteroatoms. The SMILES string of the molecule is CC1=CC(C)CC(c2ccc(C)cc2)=C1. The smallest absolute Gasteiger partial charge is 0.0212 e. The first-order valence-electron chi connectivity index (χ1n) is 5.61. The van der Waals surface area contributed by atoms with E-state index in [1.54, 1.807) is 0 Å². The van der Waals surface area contributed by atoms with Crippen LogP contribution in [-0.4, -0.2) is 0 Å². The van der Waals surface area contributed by atoms with Crippen molar-refractivity contribution in [3.05, 3.63) is 53.1 Å². The molecule has 0 saturated carbocycles. The van der Waals surface area contributed by atoms with Crippen molar-refractivity contribution in [2.75, 3.05) is 0 Å². The van der Waals surface area contributed by atoms with Crippen molar-refractivity contribution in [2.45, 2.75) is 27.2 Å². The van der Waals surface area contributed by atoms with E-state index in [0.29, 0.717) is 5.92 Å². The fourth-order valence-corrected chi connectivity index (χ4v) is 2.21. The Hall–Kier alpha value is -1.30. The second-order valence-corrected chi connectivity index (χ2v) is 4.63. The highest BCUT2D eigenvalue weighted by atomic mass is 14.2. The minimum Gasteiger partial charge on any atom is -0.0784 e. The summed E-state index contributed by atoms with van der Waals surface area (Å²) < 4.78 is 0. The van der Waals surface area contributed by atoms with Gasteiger partial charge in [-0.25, -0.2) is 0 Å². The summed E-state index contributed by atoms with van der Waals surface area (Å²) in [5.41, 5.74) is 5.57. The summed E-state index contributed by atoms with van der Waals surface area (Å²) in [6, 6.07) is 8.84. The van der Waals surface area contributed by atoms with Crippen molar-refractivity contribution >= 4 is 5.57 Å². The number of aryl methyl sites for hydroxylation is 1. The molecule has 0 amide bonds. The zero-order chi connectivity index (χ0) is 10.8. The minimum atomic E-state index is 0.673. The van der Waals surface area contributed by atoms with Crippen molar-refractivity contribution in [1.29, 1.82) is 0 Å². The monoisotopic (exact) mass is 198 g/mol. The van der Waals surface area contributed by atoms with E-state index in [2.05, 4.69) is 57.2 Å². The van der Waals surface area contributed by atoms with Gasteiger partial charge in [-0.1, -0.05) is 54.5 Å². The van der Waals surface area contributed by atoms with Crippen molar-refractivity contribution in [2.24, 2.45) is 5.92 Å². The van der Waals surface area contributed by atoms with Crippen molar-refractivity contribution in [3.8, 4) is 0 Å². The van der Waals surface area contributed by atoms with Gasteiger partial charge in [-0.15, -0.1) is 0 Å². The van der Waals surface area contributed by atoms with Crippen LogP contribution in [0.25, 0.3) is 5.57 Å². The van der Waals surface area contributed by atoms with Crippen LogP contribution in [0.4, 0.5) is 0 Å². The predicted molar refractivity (Wildman–Crippen MR) is 66.7 cm³/mol. The van der Waals surface area contributed by atoms with Crippen LogP contribution >= 0.6 is 0 Å². The molecule has 1 atom stereocenters. The maximum atomic E-state index is 2.34. The van der Waals surface area contributed by atoms with Gasteiger partial charge >= 0.3 is 0 Å². The molecule has 1 aliphatic carbocycles. The van der Waals surface area contributed by atoms with Crippen molar-refractivity contribution in [1.82, 2.24) is 0 Å². The lowest BCUT2D eigenvalue weighted by molar-refractivity contribution is 0.741. The molecule has 0 radical (unpaired) electrons. The van der Waals surface area contributed by atoms with Gasteiger partial charge in [0, 0.05) is 0 Å². The summed E-state index contributed by atoms with van der Waals surface area (Å²) in [4.78, 5) is 0. The molecule has 0 aromatic heterocycles. The maximum Gasteiger partial charge on any atom is -0.0212 e. The number of rotatable bonds is 1. The Morgan fingerprint density at radius 2 is 1.73 bits per heavy atom. The fraction of sp³-hybridized carbons (Fsp3) is 0.333. The summed E-state index contributed by atoms with van der Waals surface area (Å²) in [6.45, 7) is 6.60. The Kier molecular flexibility index (Phi) is 2.77. The van der Waals surface area contributed by atoms with Gasteiger partial charge in [0.05, 0.1) is 0 Å². The molecule has 0 N–H and O–H groups in total. The van der Waals surface area contributed by atoms with Gasteiger partial charge in [0.25, 0.3) is 0 Å². The third kappa shape index (κ3) is 2.38. The molecule has 1 aromatic rings. The number of allylic oxidation sites excluding steroid dienone is 4. The van der Waals surface area contributed by atoms with E-state index in [1.807, 2.05) is 0 Å². The number of hydrogen-bond donors (Lipinski definition) is 0. The summed E-state index contributed by atoms with van der Waals surface area (Å²) in [5, 5.41) is 0. The van der Waals surface area contributed by atoms with Crippen molar-refractivity contribution < 1.29 is 0 Å². The van der Waals surface area contributed by atoms with Gasteiger partial charge < -0.3 is 0 Å². The van der Waals surface area contributed by atoms with Gasteiger partial charge in [0.1, 0.15) is 0 Å². The second kappa shape index (κ2) is 4.06. The van der Waals surface area contributed by atoms with Crippen LogP contribution in [-0.2, 0) is 0 Å². The van der Waals surface area contributed by atoms with Crippen LogP contribution in [0.1, 0.15) is 31.4 Å². The van der Waals surface area contributed by atoms with Crippen LogP contribution in [0.5, 0.6) is 0 Å². The standard InChI is InChI=1S/C15H18/c1-11-4-6-14(7-5-11)15-9-12(2)8-13(3)10-15/h4-9,13H,10H2,1-3H3. The zero-order valence-electron chi connectivity index (χ0n) is 9.75. The first kappa shape index (κ1) is 10.2. The maximum absolute atomic E-state index is 2.34. The molecule has 2 rings (SSSR count). The van der Waals surface area contributed by atoms with E-state index >= 15 is 0 Å². The van der Waals surface area contributed by atoms with Gasteiger partial charge in [-0.05, 0) is 37.3 Å². The van der Waals surface area contributed by atoms with Crippen molar-refractivity contribution in [3.63, 3.8) is 0 Å². The highest BCUT2D eigenvalue weighted by Crippen LogP contribution is 2.29. The van der Waals surface area contributed by atoms with E-state index in [0.717, 1.165) is 0 Å². The van der Waals surface area contributed by atoms with Crippen LogP contribution in [0.2, 0.25) is 0 Å². The molecule has 1 unspecified atom stereocenters. The Balaban J connectivity index is 2.32. The molecule has 1 aromatic carbocycles. The molecule has 0 heterocycles. The first-order valence-corrected chi connectivity index (χ1v) is 5.61. The molecule has 0 aliphatic heterocycles. The quantitative estimate of drug-likeness (QED) is 0.628. The van der Waals surface area contributed by atoms with E-state index in [1.165, 1.54) is 28.7 Å². The topological polar surface area (TPSA) is 0 Å². The second-order valence-electron chi connectivity index (χ2n) is 4.63. The minimum absolute atomic E-state index is 0.673. The lowest BCUT2D eigenvalue weighted by Gasteiger charge is -2.17. The Morgan fingerprint density at radius 3 is 2.33 bits per heavy atom. The van der Waals surface area contributed by atoms with E-state index in [9.17, 15) is 0 Å². The largest absolute Gasteiger partial charge is 0.0784 e. The summed E-state index contributed by atoms with van der Waals surface area (Å²) in [5.74, 6) is 0.673. The predicted octanol–water partition coefficient (Wildman–Crippen LogP) is 4.36. The molecule has 1 aliphatic rings. The normalized spacial score (nSPS) is 20.9. The molecule has 0 bridgehead atoms. The molecular weight excluding hydrogens is 180 g/mol. The van der Waals surface area contributed by atoms with Crippen LogP contribution in [0.15, 0.2) is 42.0 Å². The molecule has 0 spiro atoms. The highest BCUT2D eigenvalue weighted by molar-refractivity contribution is 5.69. The summed E-state index contributed by atoms with van der Waals surface area (Å²) in [6.07, 6.45) is 5.82. The van der Waals surface area contributed by atoms with E-state index in [-0.39, 0.29) is 0 Å². The van der Waals surface area contributed by atoms with Gasteiger partial charge in [-0.3, -0.25) is 0 Å². The van der Waals surface area contributed by atoms with Crippen LogP contribution < -0.4 is 0 Å². The van der Waals surface area contributed by atoms with E-state index in [4.69, 9.17) is 0 Å². The molecule has 0 saturated heterocycles. The van der Waals surface area contributed by atoms with E-state index < -0.39 is 0 Å². The Morgan fingerprint density at radius 1 is 1.07 bits per heavy atom. The lowest BCUT2D eigenvalue weighted by Crippen LogP contribution is -1.99. The summed E-state index contributed by atoms with van der Waals surface area (Å²) >= 11 is 0. The Bertz CT molecular complexity index is 404. The molecule has 15 heavy (non-hydrogen) atoms. The fourth-order valence-electron chi connectivity index (χ4n) is 2.21.